The summed E-state index contributed by atoms with van der Waals surface area (Å²) >= 11 is 8.48. The highest BCUT2D eigenvalue weighted by molar-refractivity contribution is 9.24. The normalized spacial score (nSPS) is 14.6. The second-order valence-corrected chi connectivity index (χ2v) is 10.9. The fourth-order valence-corrected chi connectivity index (χ4v) is 5.27. The zero-order valence-electron chi connectivity index (χ0n) is 15.1. The molecule has 1 aromatic carbocycles. The van der Waals surface area contributed by atoms with E-state index in [1.54, 1.807) is 10.6 Å². The Morgan fingerprint density at radius 1 is 1.21 bits per heavy atom. The minimum Gasteiger partial charge on any atom is -0.342 e. The lowest BCUT2D eigenvalue weighted by atomic mass is 10.1. The van der Waals surface area contributed by atoms with Gasteiger partial charge in [-0.1, -0.05) is 50.1 Å². The summed E-state index contributed by atoms with van der Waals surface area (Å²) in [6, 6.07) is 11.6. The molecule has 1 aliphatic rings. The molecule has 4 rings (SSSR count). The minimum absolute atomic E-state index is 0.00944. The highest BCUT2D eigenvalue weighted by Gasteiger charge is 2.22. The Balaban J connectivity index is 1.89. The summed E-state index contributed by atoms with van der Waals surface area (Å²) in [5, 5.41) is 9.45. The Morgan fingerprint density at radius 2 is 1.96 bits per heavy atom. The number of nitriles is 1. The third-order valence-electron chi connectivity index (χ3n) is 4.95. The van der Waals surface area contributed by atoms with Gasteiger partial charge in [-0.2, -0.15) is 5.26 Å². The minimum atomic E-state index is -0.0461. The molecule has 0 spiro atoms. The number of fused-ring (bicyclic) bond motifs is 1. The topological polar surface area (TPSA) is 61.9 Å². The average Bonchev–Trinajstić information content (AvgIpc) is 3.16. The predicted molar refractivity (Wildman–Crippen MR) is 121 cm³/mol. The van der Waals surface area contributed by atoms with E-state index in [9.17, 15) is 10.1 Å². The van der Waals surface area contributed by atoms with Crippen molar-refractivity contribution in [3.63, 3.8) is 0 Å². The summed E-state index contributed by atoms with van der Waals surface area (Å²) in [5.74, 6) is 0.704. The van der Waals surface area contributed by atoms with Crippen LogP contribution in [0.3, 0.4) is 0 Å². The molecule has 144 valence electrons. The number of benzene rings is 1. The summed E-state index contributed by atoms with van der Waals surface area (Å²) < 4.78 is 2.38. The van der Waals surface area contributed by atoms with Crippen molar-refractivity contribution in [3.8, 4) is 6.07 Å². The van der Waals surface area contributed by atoms with Gasteiger partial charge in [0.1, 0.15) is 8.44 Å². The number of thiophene rings is 1. The fraction of sp³-hybridized carbons (Fsp3) is 0.350. The van der Waals surface area contributed by atoms with Crippen LogP contribution in [0.5, 0.6) is 0 Å². The molecule has 0 amide bonds. The van der Waals surface area contributed by atoms with Crippen LogP contribution in [-0.4, -0.2) is 22.6 Å². The van der Waals surface area contributed by atoms with Crippen molar-refractivity contribution in [1.29, 1.82) is 5.26 Å². The first-order valence-electron chi connectivity index (χ1n) is 9.14. The molecule has 8 heteroatoms. The monoisotopic (exact) mass is 520 g/mol. The average molecular weight is 522 g/mol. The van der Waals surface area contributed by atoms with Crippen molar-refractivity contribution in [2.45, 2.75) is 29.5 Å². The molecule has 0 N–H and O–H groups in total. The van der Waals surface area contributed by atoms with Gasteiger partial charge in [-0.3, -0.25) is 9.36 Å². The van der Waals surface area contributed by atoms with E-state index in [0.717, 1.165) is 41.9 Å². The second-order valence-electron chi connectivity index (χ2n) is 6.78. The Kier molecular flexibility index (Phi) is 5.85. The van der Waals surface area contributed by atoms with Crippen LogP contribution in [0.1, 0.15) is 39.0 Å². The third-order valence-corrected chi connectivity index (χ3v) is 7.72. The van der Waals surface area contributed by atoms with Crippen molar-refractivity contribution < 1.29 is 0 Å². The first kappa shape index (κ1) is 19.6. The van der Waals surface area contributed by atoms with Crippen LogP contribution < -0.4 is 10.5 Å². The van der Waals surface area contributed by atoms with Crippen LogP contribution in [0.4, 0.5) is 5.95 Å². The number of nitrogens with zero attached hydrogens (tertiary/aromatic N) is 4. The maximum Gasteiger partial charge on any atom is 0.273 e. The summed E-state index contributed by atoms with van der Waals surface area (Å²) in [6.07, 6.45) is 3.41. The first-order valence-corrected chi connectivity index (χ1v) is 11.8. The molecule has 0 radical (unpaired) electrons. The van der Waals surface area contributed by atoms with Gasteiger partial charge in [-0.25, -0.2) is 4.98 Å². The lowest BCUT2D eigenvalue weighted by Gasteiger charge is -2.29. The predicted octanol–water partition coefficient (Wildman–Crippen LogP) is 5.16. The molecule has 1 fully saturated rings. The SMILES string of the molecule is N#Cc1ccccc1Cn1c(N2CCCCC2)nc2cc(C(Br)Br)sc2c1=O. The van der Waals surface area contributed by atoms with Crippen molar-refractivity contribution in [3.05, 3.63) is 56.7 Å². The van der Waals surface area contributed by atoms with Gasteiger partial charge in [0.2, 0.25) is 5.95 Å². The molecule has 0 saturated carbocycles. The van der Waals surface area contributed by atoms with Crippen molar-refractivity contribution in [2.75, 3.05) is 18.0 Å². The molecule has 0 unspecified atom stereocenters. The first-order chi connectivity index (χ1) is 13.6. The number of hydrogen-bond donors (Lipinski definition) is 0. The maximum atomic E-state index is 13.4. The van der Waals surface area contributed by atoms with E-state index < -0.39 is 0 Å². The summed E-state index contributed by atoms with van der Waals surface area (Å²) in [6.45, 7) is 2.14. The van der Waals surface area contributed by atoms with Gasteiger partial charge in [0.25, 0.3) is 5.56 Å². The maximum absolute atomic E-state index is 13.4. The summed E-state index contributed by atoms with van der Waals surface area (Å²) in [7, 11) is 0. The Morgan fingerprint density at radius 3 is 2.68 bits per heavy atom. The summed E-state index contributed by atoms with van der Waals surface area (Å²) in [5.41, 5.74) is 2.11. The highest BCUT2D eigenvalue weighted by Crippen LogP contribution is 2.36. The van der Waals surface area contributed by atoms with E-state index in [4.69, 9.17) is 4.98 Å². The van der Waals surface area contributed by atoms with E-state index in [1.807, 2.05) is 24.3 Å². The van der Waals surface area contributed by atoms with Gasteiger partial charge in [-0.05, 0) is 37.0 Å². The molecular formula is C20H18Br2N4OS. The van der Waals surface area contributed by atoms with Crippen LogP contribution in [0.15, 0.2) is 35.1 Å². The molecule has 0 bridgehead atoms. The van der Waals surface area contributed by atoms with Crippen LogP contribution in [-0.2, 0) is 6.54 Å². The molecule has 1 saturated heterocycles. The number of piperidine rings is 1. The number of hydrogen-bond acceptors (Lipinski definition) is 5. The standard InChI is InChI=1S/C20H18Br2N4OS/c21-18(22)16-10-15-17(28-16)19(27)26(12-14-7-3-2-6-13(14)11-23)20(24-15)25-8-4-1-5-9-25/h2-3,6-7,10,18H,1,4-5,8-9,12H2. The number of halogens is 2. The zero-order chi connectivity index (χ0) is 19.7. The lowest BCUT2D eigenvalue weighted by Crippen LogP contribution is -2.36. The van der Waals surface area contributed by atoms with Crippen LogP contribution in [0, 0.1) is 11.3 Å². The van der Waals surface area contributed by atoms with Gasteiger partial charge < -0.3 is 4.90 Å². The van der Waals surface area contributed by atoms with E-state index in [0.29, 0.717) is 22.8 Å². The van der Waals surface area contributed by atoms with E-state index in [1.165, 1.54) is 17.8 Å². The molecule has 3 aromatic rings. The number of aromatic nitrogens is 2. The van der Waals surface area contributed by atoms with E-state index in [-0.39, 0.29) is 9.30 Å². The largest absolute Gasteiger partial charge is 0.342 e. The number of alkyl halides is 2. The Bertz CT molecular complexity index is 1110. The molecule has 5 nitrogen and oxygen atoms in total. The number of anilines is 1. The van der Waals surface area contributed by atoms with Crippen LogP contribution in [0.2, 0.25) is 0 Å². The van der Waals surface area contributed by atoms with E-state index in [2.05, 4.69) is 42.8 Å². The van der Waals surface area contributed by atoms with Crippen LogP contribution in [0.25, 0.3) is 10.2 Å². The van der Waals surface area contributed by atoms with Crippen molar-refractivity contribution in [2.24, 2.45) is 0 Å². The van der Waals surface area contributed by atoms with Crippen molar-refractivity contribution in [1.82, 2.24) is 9.55 Å². The summed E-state index contributed by atoms with van der Waals surface area (Å²) in [4.78, 5) is 21.5. The molecule has 0 atom stereocenters. The van der Waals surface area contributed by atoms with Gasteiger partial charge >= 0.3 is 0 Å². The molecular weight excluding hydrogens is 504 g/mol. The lowest BCUT2D eigenvalue weighted by molar-refractivity contribution is 0.553. The zero-order valence-corrected chi connectivity index (χ0v) is 19.1. The quantitative estimate of drug-likeness (QED) is 0.445. The highest BCUT2D eigenvalue weighted by atomic mass is 79.9. The van der Waals surface area contributed by atoms with Gasteiger partial charge in [0, 0.05) is 18.0 Å². The molecule has 0 aliphatic carbocycles. The molecule has 28 heavy (non-hydrogen) atoms. The molecule has 1 aliphatic heterocycles. The molecule has 2 aromatic heterocycles. The smallest absolute Gasteiger partial charge is 0.273 e. The number of rotatable bonds is 4. The molecule has 3 heterocycles. The Hall–Kier alpha value is -1.69. The van der Waals surface area contributed by atoms with Crippen molar-refractivity contribution >= 4 is 59.4 Å². The van der Waals surface area contributed by atoms with Gasteiger partial charge in [0.15, 0.2) is 0 Å². The second kappa shape index (κ2) is 8.36. The van der Waals surface area contributed by atoms with Crippen LogP contribution >= 0.6 is 43.2 Å². The fourth-order valence-electron chi connectivity index (χ4n) is 3.54. The Labute approximate surface area is 183 Å². The van der Waals surface area contributed by atoms with Gasteiger partial charge in [-0.15, -0.1) is 11.3 Å². The third kappa shape index (κ3) is 3.76. The van der Waals surface area contributed by atoms with E-state index >= 15 is 0 Å². The van der Waals surface area contributed by atoms with Gasteiger partial charge in [0.05, 0.1) is 23.7 Å².